The number of imidazole rings is 1. The number of halogens is 1. The van der Waals surface area contributed by atoms with E-state index in [2.05, 4.69) is 25.0 Å². The average Bonchev–Trinajstić information content (AvgIpc) is 3.37. The van der Waals surface area contributed by atoms with E-state index in [9.17, 15) is 4.79 Å². The van der Waals surface area contributed by atoms with E-state index >= 15 is 0 Å². The number of fused-ring (bicyclic) bond motifs is 3. The molecule has 8 nitrogen and oxygen atoms in total. The van der Waals surface area contributed by atoms with Crippen molar-refractivity contribution >= 4 is 28.3 Å². The van der Waals surface area contributed by atoms with Crippen LogP contribution in [0.25, 0.3) is 28.1 Å². The molecule has 28 heavy (non-hydrogen) atoms. The van der Waals surface area contributed by atoms with E-state index in [0.717, 1.165) is 11.3 Å². The van der Waals surface area contributed by atoms with Crippen LogP contribution in [0.5, 0.6) is 0 Å². The number of pyridine rings is 1. The number of rotatable bonds is 4. The number of nitrogens with zero attached hydrogens (tertiary/aromatic N) is 6. The summed E-state index contributed by atoms with van der Waals surface area (Å²) >= 11 is 5.95. The molecule has 5 aromatic rings. The maximum absolute atomic E-state index is 12.9. The van der Waals surface area contributed by atoms with Crippen molar-refractivity contribution in [2.24, 2.45) is 0 Å². The first-order valence-electron chi connectivity index (χ1n) is 8.67. The summed E-state index contributed by atoms with van der Waals surface area (Å²) in [6.07, 6.45) is 7.39. The summed E-state index contributed by atoms with van der Waals surface area (Å²) in [5, 5.41) is 5.67. The Labute approximate surface area is 163 Å². The molecule has 4 heterocycles. The maximum Gasteiger partial charge on any atom is 0.261 e. The first-order valence-corrected chi connectivity index (χ1v) is 9.05. The summed E-state index contributed by atoms with van der Waals surface area (Å²) in [4.78, 5) is 28.7. The summed E-state index contributed by atoms with van der Waals surface area (Å²) in [6.45, 7) is 0.544. The lowest BCUT2D eigenvalue weighted by atomic mass is 10.2. The van der Waals surface area contributed by atoms with Gasteiger partial charge in [0.2, 0.25) is 0 Å². The number of H-pyrrole nitrogens is 1. The van der Waals surface area contributed by atoms with Gasteiger partial charge in [0.15, 0.2) is 5.82 Å². The van der Waals surface area contributed by atoms with Crippen molar-refractivity contribution in [1.29, 1.82) is 0 Å². The largest absolute Gasteiger partial charge is 0.348 e. The third-order valence-corrected chi connectivity index (χ3v) is 4.84. The van der Waals surface area contributed by atoms with Gasteiger partial charge in [0.05, 0.1) is 17.2 Å². The van der Waals surface area contributed by atoms with Gasteiger partial charge in [0.25, 0.3) is 11.3 Å². The molecular formula is C19H14ClN7O. The molecule has 0 spiro atoms. The zero-order chi connectivity index (χ0) is 19.1. The first kappa shape index (κ1) is 16.6. The van der Waals surface area contributed by atoms with Crippen LogP contribution in [-0.2, 0) is 13.0 Å². The highest BCUT2D eigenvalue weighted by Gasteiger charge is 2.12. The Hall–Kier alpha value is -3.52. The van der Waals surface area contributed by atoms with Crippen molar-refractivity contribution in [2.45, 2.75) is 13.0 Å². The molecule has 9 heteroatoms. The van der Waals surface area contributed by atoms with Gasteiger partial charge >= 0.3 is 0 Å². The van der Waals surface area contributed by atoms with E-state index in [1.807, 2.05) is 18.2 Å². The van der Waals surface area contributed by atoms with E-state index in [4.69, 9.17) is 11.6 Å². The Bertz CT molecular complexity index is 1340. The topological polar surface area (TPSA) is 93.8 Å². The molecule has 0 unspecified atom stereocenters. The Balaban J connectivity index is 1.57. The van der Waals surface area contributed by atoms with Crippen LogP contribution in [0.15, 0.2) is 60.0 Å². The molecule has 0 radical (unpaired) electrons. The predicted octanol–water partition coefficient (Wildman–Crippen LogP) is 2.73. The standard InChI is InChI=1S/C19H14ClN7O/c20-13-3-1-12(2-4-13)17-24-19-22-10-15-16(27(19)25-17)6-8-26(18(15)28)7-5-14-9-21-11-23-14/h1-4,6,8-11H,5,7H2,(H,21,23). The second kappa shape index (κ2) is 6.58. The fraction of sp³-hybridized carbons (Fsp3) is 0.105. The van der Waals surface area contributed by atoms with Crippen molar-refractivity contribution in [3.63, 3.8) is 0 Å². The molecule has 0 aliphatic carbocycles. The smallest absolute Gasteiger partial charge is 0.261 e. The number of aromatic amines is 1. The van der Waals surface area contributed by atoms with E-state index in [-0.39, 0.29) is 5.56 Å². The van der Waals surface area contributed by atoms with Gasteiger partial charge in [-0.25, -0.2) is 9.97 Å². The third-order valence-electron chi connectivity index (χ3n) is 4.59. The number of hydrogen-bond acceptors (Lipinski definition) is 5. The normalized spacial score (nSPS) is 11.5. The van der Waals surface area contributed by atoms with Crippen LogP contribution < -0.4 is 5.56 Å². The SMILES string of the molecule is O=c1c2cnc3nc(-c4ccc(Cl)cc4)nn3c2ccn1CCc1cnc[nH]1. The van der Waals surface area contributed by atoms with Gasteiger partial charge in [-0.05, 0) is 30.3 Å². The summed E-state index contributed by atoms with van der Waals surface area (Å²) in [7, 11) is 0. The fourth-order valence-corrected chi connectivity index (χ4v) is 3.25. The molecule has 0 atom stereocenters. The molecule has 4 aromatic heterocycles. The molecule has 138 valence electrons. The van der Waals surface area contributed by atoms with Crippen LogP contribution in [0.2, 0.25) is 5.02 Å². The number of benzene rings is 1. The first-order chi connectivity index (χ1) is 13.7. The lowest BCUT2D eigenvalue weighted by molar-refractivity contribution is 0.666. The van der Waals surface area contributed by atoms with Gasteiger partial charge < -0.3 is 9.55 Å². The van der Waals surface area contributed by atoms with Gasteiger partial charge in [0.1, 0.15) is 0 Å². The lowest BCUT2D eigenvalue weighted by Gasteiger charge is -2.06. The molecule has 0 aliphatic heterocycles. The highest BCUT2D eigenvalue weighted by atomic mass is 35.5. The number of aryl methyl sites for hydroxylation is 2. The molecule has 0 aliphatic rings. The van der Waals surface area contributed by atoms with Gasteiger partial charge in [-0.15, -0.1) is 5.10 Å². The Kier molecular flexibility index (Phi) is 3.91. The summed E-state index contributed by atoms with van der Waals surface area (Å²) in [5.74, 6) is 0.965. The van der Waals surface area contributed by atoms with Gasteiger partial charge in [-0.2, -0.15) is 9.50 Å². The van der Waals surface area contributed by atoms with Crippen LogP contribution in [0.1, 0.15) is 5.69 Å². The number of aromatic nitrogens is 7. The van der Waals surface area contributed by atoms with E-state index in [1.165, 1.54) is 0 Å². The molecular weight excluding hydrogens is 378 g/mol. The zero-order valence-corrected chi connectivity index (χ0v) is 15.3. The molecule has 1 N–H and O–H groups in total. The molecule has 0 bridgehead atoms. The molecule has 0 fully saturated rings. The van der Waals surface area contributed by atoms with Gasteiger partial charge in [-0.1, -0.05) is 11.6 Å². The highest BCUT2D eigenvalue weighted by molar-refractivity contribution is 6.30. The van der Waals surface area contributed by atoms with E-state index in [0.29, 0.717) is 40.5 Å². The second-order valence-corrected chi connectivity index (χ2v) is 6.79. The Morgan fingerprint density at radius 1 is 1.11 bits per heavy atom. The van der Waals surface area contributed by atoms with Crippen molar-refractivity contribution in [2.75, 3.05) is 0 Å². The fourth-order valence-electron chi connectivity index (χ4n) is 3.12. The molecule has 0 saturated heterocycles. The number of nitrogens with one attached hydrogen (secondary N) is 1. The van der Waals surface area contributed by atoms with Crippen LogP contribution in [-0.4, -0.2) is 34.1 Å². The summed E-state index contributed by atoms with van der Waals surface area (Å²) in [5.41, 5.74) is 2.36. The van der Waals surface area contributed by atoms with Crippen LogP contribution >= 0.6 is 11.6 Å². The van der Waals surface area contributed by atoms with E-state index < -0.39 is 0 Å². The van der Waals surface area contributed by atoms with Crippen LogP contribution in [0, 0.1) is 0 Å². The maximum atomic E-state index is 12.9. The van der Waals surface area contributed by atoms with Crippen molar-refractivity contribution in [1.82, 2.24) is 34.1 Å². The quantitative estimate of drug-likeness (QED) is 0.508. The molecule has 5 rings (SSSR count). The molecule has 0 amide bonds. The van der Waals surface area contributed by atoms with Gasteiger partial charge in [0, 0.05) is 47.8 Å². The molecule has 1 aromatic carbocycles. The summed E-state index contributed by atoms with van der Waals surface area (Å²) in [6, 6.07) is 9.13. The summed E-state index contributed by atoms with van der Waals surface area (Å²) < 4.78 is 3.26. The lowest BCUT2D eigenvalue weighted by Crippen LogP contribution is -2.21. The zero-order valence-electron chi connectivity index (χ0n) is 14.6. The molecule has 0 saturated carbocycles. The van der Waals surface area contributed by atoms with Gasteiger partial charge in [-0.3, -0.25) is 4.79 Å². The van der Waals surface area contributed by atoms with Crippen molar-refractivity contribution < 1.29 is 0 Å². The predicted molar refractivity (Wildman–Crippen MR) is 105 cm³/mol. The second-order valence-electron chi connectivity index (χ2n) is 6.35. The number of hydrogen-bond donors (Lipinski definition) is 1. The minimum absolute atomic E-state index is 0.116. The monoisotopic (exact) mass is 391 g/mol. The Morgan fingerprint density at radius 3 is 2.75 bits per heavy atom. The minimum atomic E-state index is -0.116. The highest BCUT2D eigenvalue weighted by Crippen LogP contribution is 2.20. The van der Waals surface area contributed by atoms with E-state index in [1.54, 1.807) is 46.1 Å². The third kappa shape index (κ3) is 2.84. The average molecular weight is 392 g/mol. The van der Waals surface area contributed by atoms with Crippen LogP contribution in [0.4, 0.5) is 0 Å². The van der Waals surface area contributed by atoms with Crippen molar-refractivity contribution in [3.8, 4) is 11.4 Å². The Morgan fingerprint density at radius 2 is 1.96 bits per heavy atom. The van der Waals surface area contributed by atoms with Crippen LogP contribution in [0.3, 0.4) is 0 Å². The minimum Gasteiger partial charge on any atom is -0.348 e. The van der Waals surface area contributed by atoms with Crippen molar-refractivity contribution in [3.05, 3.63) is 76.3 Å².